The molecule has 3 aromatic rings. The predicted octanol–water partition coefficient (Wildman–Crippen LogP) is 4.22. The van der Waals surface area contributed by atoms with Crippen LogP contribution >= 0.6 is 23.8 Å². The number of benzene rings is 1. The lowest BCUT2D eigenvalue weighted by Crippen LogP contribution is -2.58. The zero-order valence-corrected chi connectivity index (χ0v) is 18.0. The van der Waals surface area contributed by atoms with E-state index in [0.717, 1.165) is 47.0 Å². The molecule has 0 saturated carbocycles. The van der Waals surface area contributed by atoms with Crippen LogP contribution in [0.4, 0.5) is 11.5 Å². The summed E-state index contributed by atoms with van der Waals surface area (Å²) >= 11 is 11.8. The van der Waals surface area contributed by atoms with Gasteiger partial charge in [-0.3, -0.25) is 4.98 Å². The fraction of sp³-hybridized carbons (Fsp3) is 0.333. The number of piperazine rings is 1. The summed E-state index contributed by atoms with van der Waals surface area (Å²) in [6.07, 6.45) is 5.37. The molecule has 1 unspecified atom stereocenters. The minimum Gasteiger partial charge on any atom is -0.353 e. The summed E-state index contributed by atoms with van der Waals surface area (Å²) in [7, 11) is 0. The third-order valence-corrected chi connectivity index (χ3v) is 5.83. The SMILES string of the molecule is CC(C)C1CN(c2ccnc(Cl)n2)CCN1C(=S)Nc1cccc2cnccc12. The number of nitrogens with one attached hydrogen (secondary N) is 1. The first-order valence-corrected chi connectivity index (χ1v) is 10.5. The molecule has 0 amide bonds. The molecule has 0 spiro atoms. The number of hydrogen-bond acceptors (Lipinski definition) is 5. The molecule has 4 rings (SSSR count). The average Bonchev–Trinajstić information content (AvgIpc) is 2.73. The van der Waals surface area contributed by atoms with Crippen LogP contribution in [0.5, 0.6) is 0 Å². The van der Waals surface area contributed by atoms with Crippen LogP contribution in [-0.2, 0) is 0 Å². The summed E-state index contributed by atoms with van der Waals surface area (Å²) in [4.78, 5) is 17.1. The van der Waals surface area contributed by atoms with Crippen LogP contribution in [0.3, 0.4) is 0 Å². The Morgan fingerprint density at radius 1 is 1.21 bits per heavy atom. The Morgan fingerprint density at radius 3 is 2.86 bits per heavy atom. The Morgan fingerprint density at radius 2 is 2.07 bits per heavy atom. The molecule has 0 radical (unpaired) electrons. The Kier molecular flexibility index (Phi) is 5.78. The van der Waals surface area contributed by atoms with Gasteiger partial charge >= 0.3 is 0 Å². The van der Waals surface area contributed by atoms with Crippen LogP contribution in [0, 0.1) is 5.92 Å². The third kappa shape index (κ3) is 4.26. The largest absolute Gasteiger partial charge is 0.353 e. The van der Waals surface area contributed by atoms with Crippen LogP contribution in [0.2, 0.25) is 5.28 Å². The number of anilines is 2. The second kappa shape index (κ2) is 8.47. The summed E-state index contributed by atoms with van der Waals surface area (Å²) < 4.78 is 0. The maximum absolute atomic E-state index is 5.99. The van der Waals surface area contributed by atoms with Crippen molar-refractivity contribution in [2.75, 3.05) is 29.9 Å². The maximum atomic E-state index is 5.99. The van der Waals surface area contributed by atoms with Crippen molar-refractivity contribution >= 4 is 51.2 Å². The van der Waals surface area contributed by atoms with Crippen LogP contribution in [0.1, 0.15) is 13.8 Å². The van der Waals surface area contributed by atoms with Gasteiger partial charge < -0.3 is 15.1 Å². The third-order valence-electron chi connectivity index (χ3n) is 5.31. The molecule has 1 aliphatic rings. The number of aromatic nitrogens is 3. The van der Waals surface area contributed by atoms with E-state index in [2.05, 4.69) is 56.0 Å². The maximum Gasteiger partial charge on any atom is 0.224 e. The number of hydrogen-bond donors (Lipinski definition) is 1. The number of rotatable bonds is 3. The van der Waals surface area contributed by atoms with Gasteiger partial charge in [0.1, 0.15) is 5.82 Å². The lowest BCUT2D eigenvalue weighted by molar-refractivity contribution is 0.227. The van der Waals surface area contributed by atoms with Gasteiger partial charge in [0, 0.05) is 54.7 Å². The number of pyridine rings is 1. The molecule has 0 aliphatic carbocycles. The van der Waals surface area contributed by atoms with Crippen LogP contribution < -0.4 is 10.2 Å². The van der Waals surface area contributed by atoms with E-state index in [-0.39, 0.29) is 11.3 Å². The Labute approximate surface area is 180 Å². The first kappa shape index (κ1) is 19.8. The van der Waals surface area contributed by atoms with E-state index in [1.54, 1.807) is 12.4 Å². The van der Waals surface area contributed by atoms with Gasteiger partial charge in [-0.15, -0.1) is 0 Å². The monoisotopic (exact) mass is 426 g/mol. The predicted molar refractivity (Wildman–Crippen MR) is 123 cm³/mol. The highest BCUT2D eigenvalue weighted by Crippen LogP contribution is 2.26. The lowest BCUT2D eigenvalue weighted by atomic mass is 10.00. The Balaban J connectivity index is 1.53. The topological polar surface area (TPSA) is 57.2 Å². The van der Waals surface area contributed by atoms with Crippen molar-refractivity contribution in [1.29, 1.82) is 0 Å². The van der Waals surface area contributed by atoms with Crippen molar-refractivity contribution in [2.45, 2.75) is 19.9 Å². The van der Waals surface area contributed by atoms with E-state index in [1.165, 1.54) is 0 Å². The fourth-order valence-electron chi connectivity index (χ4n) is 3.76. The van der Waals surface area contributed by atoms with E-state index in [9.17, 15) is 0 Å². The molecule has 1 aromatic carbocycles. The van der Waals surface area contributed by atoms with Crippen molar-refractivity contribution in [3.8, 4) is 0 Å². The average molecular weight is 427 g/mol. The summed E-state index contributed by atoms with van der Waals surface area (Å²) in [5.41, 5.74) is 1.00. The highest BCUT2D eigenvalue weighted by molar-refractivity contribution is 7.80. The second-order valence-electron chi connectivity index (χ2n) is 7.47. The van der Waals surface area contributed by atoms with Gasteiger partial charge in [-0.2, -0.15) is 0 Å². The highest BCUT2D eigenvalue weighted by atomic mass is 35.5. The Bertz CT molecular complexity index is 1020. The van der Waals surface area contributed by atoms with Crippen molar-refractivity contribution in [2.24, 2.45) is 5.92 Å². The quantitative estimate of drug-likeness (QED) is 0.497. The van der Waals surface area contributed by atoms with Gasteiger partial charge in [-0.25, -0.2) is 9.97 Å². The minimum absolute atomic E-state index is 0.258. The molecule has 29 heavy (non-hydrogen) atoms. The van der Waals surface area contributed by atoms with Gasteiger partial charge in [0.2, 0.25) is 5.28 Å². The Hall–Kier alpha value is -2.51. The molecule has 1 N–H and O–H groups in total. The van der Waals surface area contributed by atoms with Crippen molar-refractivity contribution in [3.05, 3.63) is 54.2 Å². The van der Waals surface area contributed by atoms with Crippen molar-refractivity contribution in [3.63, 3.8) is 0 Å². The second-order valence-corrected chi connectivity index (χ2v) is 8.19. The smallest absolute Gasteiger partial charge is 0.224 e. The fourth-order valence-corrected chi connectivity index (χ4v) is 4.24. The summed E-state index contributed by atoms with van der Waals surface area (Å²) in [5, 5.41) is 6.68. The molecular weight excluding hydrogens is 404 g/mol. The summed E-state index contributed by atoms with van der Waals surface area (Å²) in [6.45, 7) is 6.90. The molecule has 8 heteroatoms. The van der Waals surface area contributed by atoms with Crippen LogP contribution in [0.15, 0.2) is 48.9 Å². The van der Waals surface area contributed by atoms with E-state index >= 15 is 0 Å². The molecule has 0 bridgehead atoms. The minimum atomic E-state index is 0.258. The van der Waals surface area contributed by atoms with E-state index in [1.807, 2.05) is 24.4 Å². The van der Waals surface area contributed by atoms with Gasteiger partial charge in [0.05, 0.1) is 6.04 Å². The molecule has 6 nitrogen and oxygen atoms in total. The number of halogens is 1. The molecule has 1 aliphatic heterocycles. The summed E-state index contributed by atoms with van der Waals surface area (Å²) in [6, 6.07) is 10.3. The molecule has 1 atom stereocenters. The number of nitrogens with zero attached hydrogens (tertiary/aromatic N) is 5. The van der Waals surface area contributed by atoms with Crippen molar-refractivity contribution < 1.29 is 0 Å². The van der Waals surface area contributed by atoms with Crippen LogP contribution in [0.25, 0.3) is 10.8 Å². The number of thiocarbonyl (C=S) groups is 1. The zero-order chi connectivity index (χ0) is 20.4. The van der Waals surface area contributed by atoms with E-state index in [0.29, 0.717) is 5.92 Å². The molecule has 2 aromatic heterocycles. The van der Waals surface area contributed by atoms with Gasteiger partial charge in [0.25, 0.3) is 0 Å². The van der Waals surface area contributed by atoms with Gasteiger partial charge in [-0.05, 0) is 47.9 Å². The normalized spacial score (nSPS) is 17.0. The van der Waals surface area contributed by atoms with Crippen molar-refractivity contribution in [1.82, 2.24) is 19.9 Å². The summed E-state index contributed by atoms with van der Waals surface area (Å²) in [5.74, 6) is 1.28. The molecule has 3 heterocycles. The van der Waals surface area contributed by atoms with E-state index < -0.39 is 0 Å². The van der Waals surface area contributed by atoms with Gasteiger partial charge in [-0.1, -0.05) is 26.0 Å². The molecule has 1 fully saturated rings. The molecular formula is C21H23ClN6S. The first-order chi connectivity index (χ1) is 14.0. The van der Waals surface area contributed by atoms with Crippen LogP contribution in [-0.4, -0.2) is 50.6 Å². The number of fused-ring (bicyclic) bond motifs is 1. The van der Waals surface area contributed by atoms with Gasteiger partial charge in [0.15, 0.2) is 5.11 Å². The standard InChI is InChI=1S/C21H23ClN6S/c1-14(2)18-13-27(19-7-9-24-20(22)26-19)10-11-28(18)21(29)25-17-5-3-4-15-12-23-8-6-16(15)17/h3-9,12,14,18H,10-11,13H2,1-2H3,(H,25,29). The van der Waals surface area contributed by atoms with E-state index in [4.69, 9.17) is 23.8 Å². The molecule has 1 saturated heterocycles. The zero-order valence-electron chi connectivity index (χ0n) is 16.4. The highest BCUT2D eigenvalue weighted by Gasteiger charge is 2.31. The lowest BCUT2D eigenvalue weighted by Gasteiger charge is -2.45. The molecule has 150 valence electrons. The first-order valence-electron chi connectivity index (χ1n) is 9.67.